The summed E-state index contributed by atoms with van der Waals surface area (Å²) in [6.45, 7) is 6.12. The van der Waals surface area contributed by atoms with Gasteiger partial charge in [-0.25, -0.2) is 4.79 Å². The number of aryl methyl sites for hydroxylation is 1. The summed E-state index contributed by atoms with van der Waals surface area (Å²) in [5.41, 5.74) is 2.37. The van der Waals surface area contributed by atoms with Crippen LogP contribution in [0.1, 0.15) is 29.8 Å². The van der Waals surface area contributed by atoms with Crippen molar-refractivity contribution in [1.82, 2.24) is 33.7 Å². The van der Waals surface area contributed by atoms with Crippen molar-refractivity contribution in [3.05, 3.63) is 73.9 Å². The van der Waals surface area contributed by atoms with E-state index in [2.05, 4.69) is 22.8 Å². The normalized spacial score (nSPS) is 11.9. The Kier molecular flexibility index (Phi) is 7.52. The van der Waals surface area contributed by atoms with E-state index in [9.17, 15) is 14.4 Å². The molecule has 0 fully saturated rings. The van der Waals surface area contributed by atoms with Gasteiger partial charge in [0, 0.05) is 44.6 Å². The molecule has 210 valence electrons. The molecule has 4 aromatic heterocycles. The number of thiophene rings is 1. The Balaban J connectivity index is 1.72. The van der Waals surface area contributed by atoms with Gasteiger partial charge in [0.05, 0.1) is 17.8 Å². The Bertz CT molecular complexity index is 1830. The molecule has 1 N–H and O–H groups in total. The molecule has 0 bridgehead atoms. The van der Waals surface area contributed by atoms with Crippen molar-refractivity contribution >= 4 is 38.4 Å². The van der Waals surface area contributed by atoms with E-state index < -0.39 is 11.2 Å². The molecule has 0 atom stereocenters. The molecule has 40 heavy (non-hydrogen) atoms. The number of rotatable bonds is 9. The van der Waals surface area contributed by atoms with Crippen molar-refractivity contribution in [3.8, 4) is 11.4 Å². The lowest BCUT2D eigenvalue weighted by Crippen LogP contribution is -2.38. The molecule has 0 aliphatic heterocycles. The van der Waals surface area contributed by atoms with Crippen LogP contribution in [-0.4, -0.2) is 61.5 Å². The predicted molar refractivity (Wildman–Crippen MR) is 160 cm³/mol. The minimum absolute atomic E-state index is 0.167. The first kappa shape index (κ1) is 27.6. The fraction of sp³-hybridized carbons (Fsp3) is 0.379. The fourth-order valence-corrected chi connectivity index (χ4v) is 5.96. The lowest BCUT2D eigenvalue weighted by Gasteiger charge is -2.11. The van der Waals surface area contributed by atoms with Gasteiger partial charge in [0.2, 0.25) is 0 Å². The Labute approximate surface area is 236 Å². The average Bonchev–Trinajstić information content (AvgIpc) is 3.60. The van der Waals surface area contributed by atoms with Crippen molar-refractivity contribution in [1.29, 1.82) is 0 Å². The largest absolute Gasteiger partial charge is 0.351 e. The van der Waals surface area contributed by atoms with Crippen LogP contribution in [0.25, 0.3) is 32.5 Å². The van der Waals surface area contributed by atoms with E-state index in [1.165, 1.54) is 11.7 Å². The third-order valence-electron chi connectivity index (χ3n) is 7.01. The number of nitrogens with zero attached hydrogens (tertiary/aromatic N) is 6. The molecule has 1 amide bonds. The predicted octanol–water partition coefficient (Wildman–Crippen LogP) is 3.11. The van der Waals surface area contributed by atoms with Gasteiger partial charge in [-0.3, -0.25) is 23.4 Å². The third kappa shape index (κ3) is 5.02. The maximum atomic E-state index is 13.7. The van der Waals surface area contributed by atoms with E-state index in [1.807, 2.05) is 56.6 Å². The Morgan fingerprint density at radius 3 is 2.62 bits per heavy atom. The van der Waals surface area contributed by atoms with E-state index >= 15 is 0 Å². The van der Waals surface area contributed by atoms with Crippen LogP contribution in [0.15, 0.2) is 51.5 Å². The number of aromatic nitrogens is 5. The number of amides is 1. The van der Waals surface area contributed by atoms with Crippen molar-refractivity contribution < 1.29 is 4.79 Å². The average molecular weight is 562 g/mol. The summed E-state index contributed by atoms with van der Waals surface area (Å²) >= 11 is 1.66. The van der Waals surface area contributed by atoms with E-state index in [0.29, 0.717) is 47.6 Å². The first-order valence-electron chi connectivity index (χ1n) is 13.3. The number of hydrogen-bond acceptors (Lipinski definition) is 6. The zero-order chi connectivity index (χ0) is 28.7. The first-order valence-corrected chi connectivity index (χ1v) is 14.2. The smallest absolute Gasteiger partial charge is 0.332 e. The topological polar surface area (TPSA) is 99.1 Å². The highest BCUT2D eigenvalue weighted by Gasteiger charge is 2.25. The molecule has 0 unspecified atom stereocenters. The summed E-state index contributed by atoms with van der Waals surface area (Å²) in [7, 11) is 7.26. The minimum Gasteiger partial charge on any atom is -0.351 e. The van der Waals surface area contributed by atoms with E-state index in [1.54, 1.807) is 32.8 Å². The Morgan fingerprint density at radius 1 is 1.15 bits per heavy atom. The maximum Gasteiger partial charge on any atom is 0.332 e. The number of hydrogen-bond donors (Lipinski definition) is 1. The molecule has 10 nitrogen and oxygen atoms in total. The number of carbonyl (C=O) groups is 1. The molecule has 0 radical (unpaired) electrons. The zero-order valence-electron chi connectivity index (χ0n) is 23.8. The lowest BCUT2D eigenvalue weighted by molar-refractivity contribution is 0.0951. The second-order valence-electron chi connectivity index (χ2n) is 10.9. The molecule has 5 rings (SSSR count). The highest BCUT2D eigenvalue weighted by atomic mass is 32.1. The third-order valence-corrected chi connectivity index (χ3v) is 8.02. The van der Waals surface area contributed by atoms with Crippen LogP contribution in [-0.2, 0) is 27.2 Å². The molecule has 0 spiro atoms. The molecule has 0 saturated carbocycles. The van der Waals surface area contributed by atoms with E-state index in [4.69, 9.17) is 5.10 Å². The van der Waals surface area contributed by atoms with Crippen LogP contribution in [0.3, 0.4) is 0 Å². The molecule has 0 saturated heterocycles. The summed E-state index contributed by atoms with van der Waals surface area (Å²) < 4.78 is 7.55. The van der Waals surface area contributed by atoms with Crippen molar-refractivity contribution in [3.63, 3.8) is 0 Å². The monoisotopic (exact) mass is 561 g/mol. The molecular weight excluding hydrogens is 526 g/mol. The molecule has 0 aliphatic carbocycles. The van der Waals surface area contributed by atoms with Gasteiger partial charge in [-0.2, -0.15) is 5.10 Å². The number of carbonyl (C=O) groups excluding carboxylic acids is 1. The van der Waals surface area contributed by atoms with Gasteiger partial charge in [0.1, 0.15) is 11.1 Å². The molecule has 4 heterocycles. The van der Waals surface area contributed by atoms with Crippen LogP contribution in [0.4, 0.5) is 0 Å². The first-order chi connectivity index (χ1) is 19.1. The van der Waals surface area contributed by atoms with Crippen LogP contribution >= 0.6 is 11.3 Å². The van der Waals surface area contributed by atoms with Gasteiger partial charge >= 0.3 is 5.69 Å². The van der Waals surface area contributed by atoms with Gasteiger partial charge < -0.3 is 14.8 Å². The summed E-state index contributed by atoms with van der Waals surface area (Å²) in [5, 5.41) is 11.5. The summed E-state index contributed by atoms with van der Waals surface area (Å²) in [6, 6.07) is 9.98. The molecule has 0 aliphatic rings. The number of nitrogens with one attached hydrogen (secondary N) is 1. The quantitative estimate of drug-likeness (QED) is 0.298. The standard InChI is InChI=1S/C29H35N7O3S/c1-18(2)14-35-26-24(28(38)34(6)29(35)39)25(22-13-19(15-33(22)5)27(37)30-11-12-32(3)4)36(31-26)16-20-17-40-23-10-8-7-9-21(20)23/h7-10,13,15,17-18H,11-12,14,16H2,1-6H3,(H,30,37). The molecular formula is C29H35N7O3S. The van der Waals surface area contributed by atoms with Crippen LogP contribution in [0, 0.1) is 5.92 Å². The van der Waals surface area contributed by atoms with Crippen LogP contribution in [0.5, 0.6) is 0 Å². The van der Waals surface area contributed by atoms with E-state index in [-0.39, 0.29) is 11.8 Å². The van der Waals surface area contributed by atoms with Gasteiger partial charge in [-0.1, -0.05) is 32.0 Å². The highest BCUT2D eigenvalue weighted by Crippen LogP contribution is 2.31. The Hall–Kier alpha value is -3.96. The van der Waals surface area contributed by atoms with E-state index in [0.717, 1.165) is 22.1 Å². The SMILES string of the molecule is CC(C)Cn1c(=O)n(C)c(=O)c2c(-c3cc(C(=O)NCCN(C)C)cn3C)n(Cc3csc4ccccc34)nc21. The zero-order valence-corrected chi connectivity index (χ0v) is 24.6. The fourth-order valence-electron chi connectivity index (χ4n) is 5.00. The number of likely N-dealkylation sites (N-methyl/N-ethyl adjacent to an activating group) is 1. The molecule has 11 heteroatoms. The lowest BCUT2D eigenvalue weighted by atomic mass is 10.1. The van der Waals surface area contributed by atoms with Gasteiger partial charge in [0.15, 0.2) is 5.65 Å². The molecule has 5 aromatic rings. The molecule has 1 aromatic carbocycles. The second kappa shape index (κ2) is 10.9. The van der Waals surface area contributed by atoms with Gasteiger partial charge in [0.25, 0.3) is 11.5 Å². The maximum absolute atomic E-state index is 13.7. The second-order valence-corrected chi connectivity index (χ2v) is 11.8. The van der Waals surface area contributed by atoms with Crippen molar-refractivity contribution in [2.75, 3.05) is 27.2 Å². The number of fused-ring (bicyclic) bond motifs is 2. The van der Waals surface area contributed by atoms with Gasteiger partial charge in [-0.15, -0.1) is 11.3 Å². The van der Waals surface area contributed by atoms with Crippen LogP contribution < -0.4 is 16.6 Å². The summed E-state index contributed by atoms with van der Waals surface area (Å²) in [5.74, 6) is -0.0205. The summed E-state index contributed by atoms with van der Waals surface area (Å²) in [6.07, 6.45) is 1.76. The number of benzene rings is 1. The highest BCUT2D eigenvalue weighted by molar-refractivity contribution is 7.17. The van der Waals surface area contributed by atoms with Gasteiger partial charge in [-0.05, 0) is 48.5 Å². The Morgan fingerprint density at radius 2 is 1.90 bits per heavy atom. The summed E-state index contributed by atoms with van der Waals surface area (Å²) in [4.78, 5) is 41.9. The van der Waals surface area contributed by atoms with Crippen molar-refractivity contribution in [2.24, 2.45) is 20.0 Å². The minimum atomic E-state index is -0.408. The van der Waals surface area contributed by atoms with Crippen LogP contribution in [0.2, 0.25) is 0 Å². The van der Waals surface area contributed by atoms with Crippen molar-refractivity contribution in [2.45, 2.75) is 26.9 Å².